The first-order valence-electron chi connectivity index (χ1n) is 5.37. The molecule has 0 bridgehead atoms. The highest BCUT2D eigenvalue weighted by atomic mass is 35.5. The van der Waals surface area contributed by atoms with E-state index in [2.05, 4.69) is 10.6 Å². The van der Waals surface area contributed by atoms with Crippen LogP contribution in [-0.2, 0) is 9.59 Å². The smallest absolute Gasteiger partial charge is 0.241 e. The van der Waals surface area contributed by atoms with E-state index in [1.807, 2.05) is 11.8 Å². The van der Waals surface area contributed by atoms with Crippen molar-refractivity contribution in [2.75, 3.05) is 38.7 Å². The predicted octanol–water partition coefficient (Wildman–Crippen LogP) is -0.292. The van der Waals surface area contributed by atoms with Crippen LogP contribution in [-0.4, -0.2) is 61.4 Å². The molecule has 5 nitrogen and oxygen atoms in total. The van der Waals surface area contributed by atoms with Crippen molar-refractivity contribution in [1.82, 2.24) is 15.5 Å². The summed E-state index contributed by atoms with van der Waals surface area (Å²) in [5.41, 5.74) is 0. The number of amides is 2. The number of hydrogen-bond donors (Lipinski definition) is 2. The van der Waals surface area contributed by atoms with Gasteiger partial charge in [-0.15, -0.1) is 12.4 Å². The predicted molar refractivity (Wildman–Crippen MR) is 72.7 cm³/mol. The fourth-order valence-electron chi connectivity index (χ4n) is 1.38. The summed E-state index contributed by atoms with van der Waals surface area (Å²) in [4.78, 5) is 24.2. The van der Waals surface area contributed by atoms with Crippen molar-refractivity contribution < 1.29 is 9.59 Å². The summed E-state index contributed by atoms with van der Waals surface area (Å²) in [6, 6.07) is 0.244. The van der Waals surface area contributed by atoms with Crippen molar-refractivity contribution in [2.24, 2.45) is 0 Å². The number of likely N-dealkylation sites (N-methyl/N-ethyl adjacent to an activating group) is 1. The summed E-state index contributed by atoms with van der Waals surface area (Å²) >= 11 is 1.86. The molecule has 0 aromatic carbocycles. The second-order valence-electron chi connectivity index (χ2n) is 3.99. The van der Waals surface area contributed by atoms with Crippen molar-refractivity contribution in [1.29, 1.82) is 0 Å². The van der Waals surface area contributed by atoms with Gasteiger partial charge in [-0.3, -0.25) is 9.59 Å². The van der Waals surface area contributed by atoms with E-state index >= 15 is 0 Å². The Balaban J connectivity index is 0.00000256. The summed E-state index contributed by atoms with van der Waals surface area (Å²) in [5.74, 6) is 1.93. The van der Waals surface area contributed by atoms with Gasteiger partial charge < -0.3 is 15.5 Å². The van der Waals surface area contributed by atoms with Gasteiger partial charge in [0.05, 0.1) is 6.54 Å². The number of thioether (sulfide) groups is 1. The molecule has 1 fully saturated rings. The molecule has 2 amide bonds. The molecule has 2 N–H and O–H groups in total. The second-order valence-corrected chi connectivity index (χ2v) is 5.14. The Morgan fingerprint density at radius 2 is 2.18 bits per heavy atom. The third-order valence-corrected chi connectivity index (χ3v) is 3.50. The van der Waals surface area contributed by atoms with E-state index in [0.29, 0.717) is 6.42 Å². The van der Waals surface area contributed by atoms with E-state index < -0.39 is 0 Å². The minimum atomic E-state index is -0.0840. The van der Waals surface area contributed by atoms with E-state index in [0.717, 1.165) is 18.1 Å². The number of nitrogens with zero attached hydrogens (tertiary/aromatic N) is 1. The van der Waals surface area contributed by atoms with E-state index in [9.17, 15) is 9.59 Å². The van der Waals surface area contributed by atoms with Crippen LogP contribution in [0, 0.1) is 0 Å². The van der Waals surface area contributed by atoms with Crippen LogP contribution in [0.3, 0.4) is 0 Å². The lowest BCUT2D eigenvalue weighted by molar-refractivity contribution is -0.131. The zero-order valence-electron chi connectivity index (χ0n) is 10.2. The molecule has 100 valence electrons. The van der Waals surface area contributed by atoms with Gasteiger partial charge in [0.1, 0.15) is 0 Å². The Bertz CT molecular complexity index is 258. The number of nitrogens with one attached hydrogen (secondary N) is 2. The van der Waals surface area contributed by atoms with Gasteiger partial charge >= 0.3 is 0 Å². The minimum absolute atomic E-state index is 0. The van der Waals surface area contributed by atoms with Crippen LogP contribution in [0.15, 0.2) is 0 Å². The summed E-state index contributed by atoms with van der Waals surface area (Å²) in [6.07, 6.45) is 0.452. The zero-order valence-corrected chi connectivity index (χ0v) is 11.8. The molecule has 7 heteroatoms. The molecule has 17 heavy (non-hydrogen) atoms. The highest BCUT2D eigenvalue weighted by Crippen LogP contribution is 2.09. The summed E-state index contributed by atoms with van der Waals surface area (Å²) in [6.45, 7) is 1.05. The quantitative estimate of drug-likeness (QED) is 0.743. The van der Waals surface area contributed by atoms with Gasteiger partial charge in [-0.1, -0.05) is 0 Å². The Hall–Kier alpha value is -0.460. The SMILES string of the molecule is CN(C)C(=O)CNC(=O)CC1CSCCN1.Cl. The molecular formula is C10H20ClN3O2S. The third-order valence-electron chi connectivity index (χ3n) is 2.37. The van der Waals surface area contributed by atoms with Gasteiger partial charge in [0.25, 0.3) is 0 Å². The zero-order chi connectivity index (χ0) is 12.0. The number of carbonyl (C=O) groups excluding carboxylic acids is 2. The lowest BCUT2D eigenvalue weighted by Crippen LogP contribution is -2.43. The van der Waals surface area contributed by atoms with E-state index in [1.165, 1.54) is 4.90 Å². The Morgan fingerprint density at radius 1 is 1.47 bits per heavy atom. The minimum Gasteiger partial charge on any atom is -0.347 e. The molecule has 1 unspecified atom stereocenters. The van der Waals surface area contributed by atoms with Crippen LogP contribution in [0.5, 0.6) is 0 Å². The summed E-state index contributed by atoms with van der Waals surface area (Å²) < 4.78 is 0. The maximum Gasteiger partial charge on any atom is 0.241 e. The van der Waals surface area contributed by atoms with Crippen LogP contribution < -0.4 is 10.6 Å². The summed E-state index contributed by atoms with van der Waals surface area (Å²) in [7, 11) is 3.35. The number of rotatable bonds is 4. The van der Waals surface area contributed by atoms with Crippen molar-refractivity contribution in [3.05, 3.63) is 0 Å². The highest BCUT2D eigenvalue weighted by molar-refractivity contribution is 7.99. The van der Waals surface area contributed by atoms with Crippen molar-refractivity contribution in [3.8, 4) is 0 Å². The van der Waals surface area contributed by atoms with Crippen molar-refractivity contribution in [3.63, 3.8) is 0 Å². The van der Waals surface area contributed by atoms with Crippen molar-refractivity contribution >= 4 is 36.0 Å². The van der Waals surface area contributed by atoms with Crippen molar-refractivity contribution in [2.45, 2.75) is 12.5 Å². The largest absolute Gasteiger partial charge is 0.347 e. The van der Waals surface area contributed by atoms with Gasteiger partial charge in [-0.05, 0) is 0 Å². The number of carbonyl (C=O) groups is 2. The van der Waals surface area contributed by atoms with E-state index in [4.69, 9.17) is 0 Å². The van der Waals surface area contributed by atoms with Crippen LogP contribution in [0.4, 0.5) is 0 Å². The molecule has 1 aliphatic heterocycles. The number of hydrogen-bond acceptors (Lipinski definition) is 4. The Kier molecular flexibility index (Phi) is 8.37. The first-order valence-corrected chi connectivity index (χ1v) is 6.53. The van der Waals surface area contributed by atoms with Gasteiger partial charge in [-0.2, -0.15) is 11.8 Å². The fourth-order valence-corrected chi connectivity index (χ4v) is 2.33. The molecule has 1 aliphatic rings. The molecule has 0 aromatic heterocycles. The molecule has 0 aromatic rings. The standard InChI is InChI=1S/C10H19N3O2S.ClH/c1-13(2)10(15)6-12-9(14)5-8-7-16-4-3-11-8;/h8,11H,3-7H2,1-2H3,(H,12,14);1H. The molecular weight excluding hydrogens is 262 g/mol. The number of halogens is 1. The Morgan fingerprint density at radius 3 is 2.71 bits per heavy atom. The normalized spacial score (nSPS) is 19.1. The fraction of sp³-hybridized carbons (Fsp3) is 0.800. The van der Waals surface area contributed by atoms with Gasteiger partial charge in [0.15, 0.2) is 0 Å². The average molecular weight is 282 g/mol. The molecule has 1 rings (SSSR count). The molecule has 1 atom stereocenters. The van der Waals surface area contributed by atoms with Crippen LogP contribution in [0.1, 0.15) is 6.42 Å². The maximum atomic E-state index is 11.5. The highest BCUT2D eigenvalue weighted by Gasteiger charge is 2.17. The monoisotopic (exact) mass is 281 g/mol. The molecule has 0 saturated carbocycles. The van der Waals surface area contributed by atoms with Crippen LogP contribution >= 0.6 is 24.2 Å². The molecule has 0 spiro atoms. The first-order chi connectivity index (χ1) is 7.59. The first kappa shape index (κ1) is 16.5. The lowest BCUT2D eigenvalue weighted by atomic mass is 10.2. The third kappa shape index (κ3) is 6.75. The Labute approximate surface area is 112 Å². The van der Waals surface area contributed by atoms with Gasteiger partial charge in [0, 0.05) is 44.6 Å². The summed E-state index contributed by atoms with van der Waals surface area (Å²) in [5, 5.41) is 5.92. The lowest BCUT2D eigenvalue weighted by Gasteiger charge is -2.22. The van der Waals surface area contributed by atoms with Gasteiger partial charge in [-0.25, -0.2) is 0 Å². The molecule has 1 heterocycles. The second kappa shape index (κ2) is 8.60. The molecule has 0 aliphatic carbocycles. The molecule has 1 saturated heterocycles. The molecule has 0 radical (unpaired) electrons. The van der Waals surface area contributed by atoms with Crippen LogP contribution in [0.25, 0.3) is 0 Å². The average Bonchev–Trinajstić information content (AvgIpc) is 2.27. The van der Waals surface area contributed by atoms with Gasteiger partial charge in [0.2, 0.25) is 11.8 Å². The maximum absolute atomic E-state index is 11.5. The van der Waals surface area contributed by atoms with E-state index in [-0.39, 0.29) is 36.8 Å². The van der Waals surface area contributed by atoms with E-state index in [1.54, 1.807) is 14.1 Å². The topological polar surface area (TPSA) is 61.4 Å². The van der Waals surface area contributed by atoms with Crippen LogP contribution in [0.2, 0.25) is 0 Å².